The van der Waals surface area contributed by atoms with Crippen molar-refractivity contribution in [3.05, 3.63) is 29.8 Å². The summed E-state index contributed by atoms with van der Waals surface area (Å²) in [5, 5.41) is 0. The zero-order chi connectivity index (χ0) is 12.3. The largest absolute Gasteiger partial charge is 0.435 e. The minimum Gasteiger partial charge on any atom is -0.435 e. The van der Waals surface area contributed by atoms with Crippen LogP contribution in [-0.4, -0.2) is 25.9 Å². The van der Waals surface area contributed by atoms with Gasteiger partial charge in [-0.05, 0) is 12.1 Å². The molecule has 1 saturated heterocycles. The second kappa shape index (κ2) is 5.39. The Kier molecular flexibility index (Phi) is 3.88. The van der Waals surface area contributed by atoms with Crippen molar-refractivity contribution in [1.82, 2.24) is 0 Å². The topological polar surface area (TPSA) is 53.7 Å². The van der Waals surface area contributed by atoms with Gasteiger partial charge in [0.15, 0.2) is 6.29 Å². The Bertz CT molecular complexity index is 358. The van der Waals surface area contributed by atoms with Crippen LogP contribution in [0.5, 0.6) is 5.75 Å². The normalized spacial score (nSPS) is 24.2. The minimum absolute atomic E-state index is 0.108. The SMILES string of the molecule is NCC1COC(c2ccc(OC(F)F)cc2)O1. The van der Waals surface area contributed by atoms with Crippen LogP contribution in [0.4, 0.5) is 8.78 Å². The highest BCUT2D eigenvalue weighted by Gasteiger charge is 2.26. The Morgan fingerprint density at radius 1 is 1.35 bits per heavy atom. The monoisotopic (exact) mass is 245 g/mol. The molecule has 6 heteroatoms. The van der Waals surface area contributed by atoms with Gasteiger partial charge >= 0.3 is 6.61 Å². The van der Waals surface area contributed by atoms with E-state index in [4.69, 9.17) is 15.2 Å². The van der Waals surface area contributed by atoms with Crippen molar-refractivity contribution in [2.75, 3.05) is 13.2 Å². The quantitative estimate of drug-likeness (QED) is 0.876. The number of rotatable bonds is 4. The van der Waals surface area contributed by atoms with Crippen LogP contribution >= 0.6 is 0 Å². The number of hydrogen-bond donors (Lipinski definition) is 1. The van der Waals surface area contributed by atoms with Crippen LogP contribution in [0, 0.1) is 0 Å². The smallest absolute Gasteiger partial charge is 0.387 e. The van der Waals surface area contributed by atoms with Gasteiger partial charge in [-0.2, -0.15) is 8.78 Å². The van der Waals surface area contributed by atoms with Crippen molar-refractivity contribution in [2.24, 2.45) is 5.73 Å². The highest BCUT2D eigenvalue weighted by molar-refractivity contribution is 5.28. The van der Waals surface area contributed by atoms with Crippen molar-refractivity contribution in [3.63, 3.8) is 0 Å². The predicted octanol–water partition coefficient (Wildman–Crippen LogP) is 1.66. The number of halogens is 2. The second-order valence-electron chi connectivity index (χ2n) is 3.61. The van der Waals surface area contributed by atoms with Gasteiger partial charge in [-0.1, -0.05) is 12.1 Å². The van der Waals surface area contributed by atoms with Crippen molar-refractivity contribution >= 4 is 0 Å². The van der Waals surface area contributed by atoms with Gasteiger partial charge in [0.05, 0.1) is 12.7 Å². The molecule has 0 aromatic heterocycles. The van der Waals surface area contributed by atoms with Crippen molar-refractivity contribution < 1.29 is 23.0 Å². The van der Waals surface area contributed by atoms with Crippen LogP contribution in [0.2, 0.25) is 0 Å². The van der Waals surface area contributed by atoms with E-state index in [0.29, 0.717) is 13.2 Å². The molecular weight excluding hydrogens is 232 g/mol. The third kappa shape index (κ3) is 3.12. The number of alkyl halides is 2. The summed E-state index contributed by atoms with van der Waals surface area (Å²) in [5.74, 6) is 0.108. The van der Waals surface area contributed by atoms with Crippen LogP contribution in [0.25, 0.3) is 0 Å². The fourth-order valence-corrected chi connectivity index (χ4v) is 1.55. The molecule has 2 rings (SSSR count). The lowest BCUT2D eigenvalue weighted by molar-refractivity contribution is -0.0589. The third-order valence-corrected chi connectivity index (χ3v) is 2.39. The molecule has 0 spiro atoms. The molecule has 1 aromatic carbocycles. The second-order valence-corrected chi connectivity index (χ2v) is 3.61. The molecule has 0 amide bonds. The van der Waals surface area contributed by atoms with E-state index >= 15 is 0 Å². The Labute approximate surface area is 97.3 Å². The van der Waals surface area contributed by atoms with Gasteiger partial charge in [-0.25, -0.2) is 0 Å². The Balaban J connectivity index is 1.98. The maximum Gasteiger partial charge on any atom is 0.387 e. The van der Waals surface area contributed by atoms with E-state index in [2.05, 4.69) is 4.74 Å². The lowest BCUT2D eigenvalue weighted by atomic mass is 10.2. The van der Waals surface area contributed by atoms with Gasteiger partial charge in [-0.3, -0.25) is 0 Å². The molecule has 1 heterocycles. The molecule has 17 heavy (non-hydrogen) atoms. The van der Waals surface area contributed by atoms with Crippen molar-refractivity contribution in [2.45, 2.75) is 19.0 Å². The summed E-state index contributed by atoms with van der Waals surface area (Å²) < 4.78 is 39.0. The molecule has 1 aliphatic heterocycles. The van der Waals surface area contributed by atoms with E-state index in [1.54, 1.807) is 12.1 Å². The summed E-state index contributed by atoms with van der Waals surface area (Å²) in [6.07, 6.45) is -0.596. The van der Waals surface area contributed by atoms with Crippen LogP contribution in [0.1, 0.15) is 11.9 Å². The first-order valence-corrected chi connectivity index (χ1v) is 5.21. The Hall–Kier alpha value is -1.24. The zero-order valence-electron chi connectivity index (χ0n) is 9.01. The van der Waals surface area contributed by atoms with E-state index < -0.39 is 12.9 Å². The van der Waals surface area contributed by atoms with Gasteiger partial charge in [0.1, 0.15) is 5.75 Å². The molecule has 2 unspecified atom stereocenters. The van der Waals surface area contributed by atoms with Crippen LogP contribution in [0.3, 0.4) is 0 Å². The van der Waals surface area contributed by atoms with Crippen LogP contribution in [0.15, 0.2) is 24.3 Å². The summed E-state index contributed by atoms with van der Waals surface area (Å²) in [7, 11) is 0. The van der Waals surface area contributed by atoms with E-state index in [-0.39, 0.29) is 11.9 Å². The number of hydrogen-bond acceptors (Lipinski definition) is 4. The van der Waals surface area contributed by atoms with E-state index in [1.165, 1.54) is 12.1 Å². The van der Waals surface area contributed by atoms with Gasteiger partial charge in [-0.15, -0.1) is 0 Å². The van der Waals surface area contributed by atoms with Crippen molar-refractivity contribution in [3.8, 4) is 5.75 Å². The predicted molar refractivity (Wildman–Crippen MR) is 55.7 cm³/mol. The van der Waals surface area contributed by atoms with Gasteiger partial charge in [0, 0.05) is 12.1 Å². The Morgan fingerprint density at radius 3 is 2.59 bits per heavy atom. The lowest BCUT2D eigenvalue weighted by Gasteiger charge is -2.11. The van der Waals surface area contributed by atoms with Crippen LogP contribution < -0.4 is 10.5 Å². The molecule has 1 fully saturated rings. The maximum absolute atomic E-state index is 11.9. The van der Waals surface area contributed by atoms with E-state index in [1.807, 2.05) is 0 Å². The standard InChI is InChI=1S/C11H13F2NO3/c12-11(13)17-8-3-1-7(2-4-8)10-15-6-9(5-14)16-10/h1-4,9-11H,5-6,14H2. The number of nitrogens with two attached hydrogens (primary N) is 1. The van der Waals surface area contributed by atoms with E-state index in [0.717, 1.165) is 5.56 Å². The molecule has 1 aliphatic rings. The summed E-state index contributed by atoms with van der Waals surface area (Å²) in [5.41, 5.74) is 6.20. The van der Waals surface area contributed by atoms with Gasteiger partial charge in [0.25, 0.3) is 0 Å². The molecule has 94 valence electrons. The molecule has 2 N–H and O–H groups in total. The maximum atomic E-state index is 11.9. The average Bonchev–Trinajstić information content (AvgIpc) is 2.78. The molecule has 2 atom stereocenters. The molecule has 0 aliphatic carbocycles. The first kappa shape index (κ1) is 12.2. The van der Waals surface area contributed by atoms with E-state index in [9.17, 15) is 8.78 Å². The van der Waals surface area contributed by atoms with Crippen LogP contribution in [-0.2, 0) is 9.47 Å². The van der Waals surface area contributed by atoms with Gasteiger partial charge in [0.2, 0.25) is 0 Å². The molecule has 0 bridgehead atoms. The number of ether oxygens (including phenoxy) is 3. The summed E-state index contributed by atoms with van der Waals surface area (Å²) in [6, 6.07) is 6.15. The molecule has 1 aromatic rings. The fourth-order valence-electron chi connectivity index (χ4n) is 1.55. The first-order valence-electron chi connectivity index (χ1n) is 5.21. The first-order chi connectivity index (χ1) is 8.19. The summed E-state index contributed by atoms with van der Waals surface area (Å²) in [4.78, 5) is 0. The minimum atomic E-state index is -2.82. The summed E-state index contributed by atoms with van der Waals surface area (Å²) >= 11 is 0. The molecule has 0 radical (unpaired) electrons. The van der Waals surface area contributed by atoms with Crippen molar-refractivity contribution in [1.29, 1.82) is 0 Å². The summed E-state index contributed by atoms with van der Waals surface area (Å²) in [6.45, 7) is -1.99. The zero-order valence-corrected chi connectivity index (χ0v) is 9.01. The highest BCUT2D eigenvalue weighted by Crippen LogP contribution is 2.28. The average molecular weight is 245 g/mol. The number of benzene rings is 1. The molecule has 0 saturated carbocycles. The third-order valence-electron chi connectivity index (χ3n) is 2.39. The Morgan fingerprint density at radius 2 is 2.06 bits per heavy atom. The fraction of sp³-hybridized carbons (Fsp3) is 0.455. The van der Waals surface area contributed by atoms with Gasteiger partial charge < -0.3 is 19.9 Å². The molecular formula is C11H13F2NO3. The molecule has 4 nitrogen and oxygen atoms in total. The lowest BCUT2D eigenvalue weighted by Crippen LogP contribution is -2.21. The highest BCUT2D eigenvalue weighted by atomic mass is 19.3.